The predicted molar refractivity (Wildman–Crippen MR) is 87.9 cm³/mol. The van der Waals surface area contributed by atoms with Crippen LogP contribution >= 0.6 is 35.6 Å². The van der Waals surface area contributed by atoms with Gasteiger partial charge in [-0.25, -0.2) is 0 Å². The Kier molecular flexibility index (Phi) is 8.52. The van der Waals surface area contributed by atoms with Gasteiger partial charge in [0.2, 0.25) is 5.91 Å². The number of nitrogens with one attached hydrogen (secondary N) is 1. The molecule has 0 radical (unpaired) electrons. The van der Waals surface area contributed by atoms with E-state index in [-0.39, 0.29) is 30.3 Å². The van der Waals surface area contributed by atoms with E-state index in [1.807, 2.05) is 13.8 Å². The molecule has 0 aliphatic heterocycles. The fourth-order valence-corrected chi connectivity index (χ4v) is 2.42. The number of benzene rings is 1. The molecule has 1 aromatic rings. The molecule has 0 aliphatic rings. The van der Waals surface area contributed by atoms with Crippen LogP contribution in [0.25, 0.3) is 0 Å². The summed E-state index contributed by atoms with van der Waals surface area (Å²) in [5, 5.41) is 4.09. The number of nitrogens with two attached hydrogens (primary N) is 1. The monoisotopic (exact) mass is 338 g/mol. The Labute approximate surface area is 136 Å². The molecular weight excluding hydrogens is 319 g/mol. The lowest BCUT2D eigenvalue weighted by Gasteiger charge is -2.31. The number of rotatable bonds is 6. The molecule has 0 atom stereocenters. The van der Waals surface area contributed by atoms with Crippen molar-refractivity contribution in [3.63, 3.8) is 0 Å². The smallest absolute Gasteiger partial charge is 0.224 e. The SMILES string of the molecule is CCC(CC)(CN)NC(=O)Cc1ccc(Cl)cc1Cl.Cl. The van der Waals surface area contributed by atoms with Crippen molar-refractivity contribution in [2.75, 3.05) is 6.54 Å². The molecule has 0 heterocycles. The van der Waals surface area contributed by atoms with Crippen molar-refractivity contribution in [3.8, 4) is 0 Å². The molecule has 0 saturated carbocycles. The molecule has 0 saturated heterocycles. The lowest BCUT2D eigenvalue weighted by atomic mass is 9.92. The minimum Gasteiger partial charge on any atom is -0.349 e. The second kappa shape index (κ2) is 8.73. The van der Waals surface area contributed by atoms with Crippen molar-refractivity contribution < 1.29 is 4.79 Å². The van der Waals surface area contributed by atoms with Crippen LogP contribution in [0.4, 0.5) is 0 Å². The van der Waals surface area contributed by atoms with Gasteiger partial charge in [-0.05, 0) is 30.5 Å². The summed E-state index contributed by atoms with van der Waals surface area (Å²) in [5.41, 5.74) is 6.20. The van der Waals surface area contributed by atoms with E-state index < -0.39 is 0 Å². The summed E-state index contributed by atoms with van der Waals surface area (Å²) in [6, 6.07) is 5.14. The molecule has 6 heteroatoms. The second-order valence-electron chi connectivity index (χ2n) is 4.65. The zero-order valence-corrected chi connectivity index (χ0v) is 14.0. The minimum absolute atomic E-state index is 0. The minimum atomic E-state index is -0.323. The Balaban J connectivity index is 0.00000361. The van der Waals surface area contributed by atoms with E-state index in [0.29, 0.717) is 16.6 Å². The Bertz CT molecular complexity index is 440. The van der Waals surface area contributed by atoms with Gasteiger partial charge in [-0.2, -0.15) is 0 Å². The molecule has 1 rings (SSSR count). The first-order valence-electron chi connectivity index (χ1n) is 6.41. The van der Waals surface area contributed by atoms with Crippen molar-refractivity contribution in [2.45, 2.75) is 38.6 Å². The van der Waals surface area contributed by atoms with Gasteiger partial charge in [0.25, 0.3) is 0 Å². The fourth-order valence-electron chi connectivity index (χ4n) is 1.94. The molecule has 114 valence electrons. The number of carbonyl (C=O) groups is 1. The molecule has 0 spiro atoms. The molecular formula is C14H21Cl3N2O. The normalized spacial score (nSPS) is 10.8. The van der Waals surface area contributed by atoms with E-state index in [2.05, 4.69) is 5.32 Å². The van der Waals surface area contributed by atoms with Crippen LogP contribution in [0.2, 0.25) is 10.0 Å². The lowest BCUT2D eigenvalue weighted by molar-refractivity contribution is -0.122. The summed E-state index contributed by atoms with van der Waals surface area (Å²) >= 11 is 11.9. The van der Waals surface area contributed by atoms with Gasteiger partial charge in [-0.1, -0.05) is 43.1 Å². The van der Waals surface area contributed by atoms with Crippen molar-refractivity contribution in [2.24, 2.45) is 5.73 Å². The van der Waals surface area contributed by atoms with E-state index in [4.69, 9.17) is 28.9 Å². The number of carbonyl (C=O) groups excluding carboxylic acids is 1. The summed E-state index contributed by atoms with van der Waals surface area (Å²) in [6.07, 6.45) is 1.85. The highest BCUT2D eigenvalue weighted by atomic mass is 35.5. The molecule has 0 unspecified atom stereocenters. The number of hydrogen-bond acceptors (Lipinski definition) is 2. The van der Waals surface area contributed by atoms with E-state index in [1.165, 1.54) is 0 Å². The van der Waals surface area contributed by atoms with Gasteiger partial charge in [-0.15, -0.1) is 12.4 Å². The Morgan fingerprint density at radius 3 is 2.35 bits per heavy atom. The first kappa shape index (κ1) is 19.5. The van der Waals surface area contributed by atoms with E-state index in [9.17, 15) is 4.79 Å². The van der Waals surface area contributed by atoms with Crippen LogP contribution in [0.1, 0.15) is 32.3 Å². The van der Waals surface area contributed by atoms with Crippen molar-refractivity contribution in [3.05, 3.63) is 33.8 Å². The zero-order valence-electron chi connectivity index (χ0n) is 11.7. The average molecular weight is 340 g/mol. The highest BCUT2D eigenvalue weighted by Gasteiger charge is 2.26. The molecule has 0 aromatic heterocycles. The van der Waals surface area contributed by atoms with Crippen molar-refractivity contribution in [1.82, 2.24) is 5.32 Å². The quantitative estimate of drug-likeness (QED) is 0.832. The summed E-state index contributed by atoms with van der Waals surface area (Å²) in [7, 11) is 0. The first-order chi connectivity index (χ1) is 8.96. The third-order valence-corrected chi connectivity index (χ3v) is 4.10. The van der Waals surface area contributed by atoms with Gasteiger partial charge in [0.05, 0.1) is 12.0 Å². The molecule has 0 aliphatic carbocycles. The fraction of sp³-hybridized carbons (Fsp3) is 0.500. The highest BCUT2D eigenvalue weighted by Crippen LogP contribution is 2.22. The highest BCUT2D eigenvalue weighted by molar-refractivity contribution is 6.35. The maximum absolute atomic E-state index is 12.1. The lowest BCUT2D eigenvalue weighted by Crippen LogP contribution is -2.53. The van der Waals surface area contributed by atoms with Gasteiger partial charge in [0, 0.05) is 16.6 Å². The molecule has 3 nitrogen and oxygen atoms in total. The molecule has 20 heavy (non-hydrogen) atoms. The molecule has 1 aromatic carbocycles. The topological polar surface area (TPSA) is 55.1 Å². The third-order valence-electron chi connectivity index (χ3n) is 3.51. The van der Waals surface area contributed by atoms with Gasteiger partial charge in [0.1, 0.15) is 0 Å². The van der Waals surface area contributed by atoms with E-state index in [1.54, 1.807) is 18.2 Å². The Morgan fingerprint density at radius 2 is 1.90 bits per heavy atom. The second-order valence-corrected chi connectivity index (χ2v) is 5.50. The summed E-state index contributed by atoms with van der Waals surface area (Å²) in [4.78, 5) is 12.1. The predicted octanol–water partition coefficient (Wildman–Crippen LogP) is 3.59. The molecule has 1 amide bonds. The van der Waals surface area contributed by atoms with Gasteiger partial charge in [0.15, 0.2) is 0 Å². The van der Waals surface area contributed by atoms with Crippen LogP contribution in [0, 0.1) is 0 Å². The van der Waals surface area contributed by atoms with Gasteiger partial charge in [-0.3, -0.25) is 4.79 Å². The average Bonchev–Trinajstić information content (AvgIpc) is 2.39. The van der Waals surface area contributed by atoms with E-state index in [0.717, 1.165) is 18.4 Å². The van der Waals surface area contributed by atoms with Crippen LogP contribution in [0.5, 0.6) is 0 Å². The van der Waals surface area contributed by atoms with Crippen LogP contribution in [-0.4, -0.2) is 18.0 Å². The standard InChI is InChI=1S/C14H20Cl2N2O.ClH/c1-3-14(4-2,9-17)18-13(19)7-10-5-6-11(15)8-12(10)16;/h5-6,8H,3-4,7,9,17H2,1-2H3,(H,18,19);1H. The van der Waals surface area contributed by atoms with Crippen LogP contribution in [0.15, 0.2) is 18.2 Å². The zero-order chi connectivity index (χ0) is 14.5. The molecule has 0 fully saturated rings. The van der Waals surface area contributed by atoms with Crippen LogP contribution in [0.3, 0.4) is 0 Å². The Morgan fingerprint density at radius 1 is 1.30 bits per heavy atom. The number of amides is 1. The van der Waals surface area contributed by atoms with Crippen LogP contribution in [-0.2, 0) is 11.2 Å². The third kappa shape index (κ3) is 5.13. The van der Waals surface area contributed by atoms with Gasteiger partial charge >= 0.3 is 0 Å². The van der Waals surface area contributed by atoms with Crippen molar-refractivity contribution in [1.29, 1.82) is 0 Å². The largest absolute Gasteiger partial charge is 0.349 e. The molecule has 3 N–H and O–H groups in total. The maximum atomic E-state index is 12.1. The summed E-state index contributed by atoms with van der Waals surface area (Å²) in [6.45, 7) is 4.47. The summed E-state index contributed by atoms with van der Waals surface area (Å²) in [5.74, 6) is -0.0710. The maximum Gasteiger partial charge on any atom is 0.224 e. The molecule has 0 bridgehead atoms. The summed E-state index contributed by atoms with van der Waals surface area (Å²) < 4.78 is 0. The van der Waals surface area contributed by atoms with Crippen molar-refractivity contribution >= 4 is 41.5 Å². The Hall–Kier alpha value is -0.480. The van der Waals surface area contributed by atoms with Gasteiger partial charge < -0.3 is 11.1 Å². The van der Waals surface area contributed by atoms with E-state index >= 15 is 0 Å². The number of halogens is 3. The first-order valence-corrected chi connectivity index (χ1v) is 7.17. The van der Waals surface area contributed by atoms with Crippen LogP contribution < -0.4 is 11.1 Å². The number of hydrogen-bond donors (Lipinski definition) is 2.